The van der Waals surface area contributed by atoms with Gasteiger partial charge in [0.05, 0.1) is 18.4 Å². The number of ketones is 1. The van der Waals surface area contributed by atoms with E-state index in [-0.39, 0.29) is 17.2 Å². The maximum Gasteiger partial charge on any atom is 0.220 e. The highest BCUT2D eigenvalue weighted by atomic mass is 16.5. The molecule has 0 radical (unpaired) electrons. The molecule has 0 aliphatic heterocycles. The van der Waals surface area contributed by atoms with Gasteiger partial charge in [-0.3, -0.25) is 4.79 Å². The van der Waals surface area contributed by atoms with Crippen molar-refractivity contribution in [3.63, 3.8) is 0 Å². The molecule has 1 aromatic heterocycles. The minimum Gasteiger partial charge on any atom is -0.496 e. The van der Waals surface area contributed by atoms with Gasteiger partial charge in [0.1, 0.15) is 11.3 Å². The van der Waals surface area contributed by atoms with Crippen molar-refractivity contribution in [1.82, 2.24) is 9.78 Å². The summed E-state index contributed by atoms with van der Waals surface area (Å²) in [4.78, 5) is 12.4. The van der Waals surface area contributed by atoms with Crippen LogP contribution in [0, 0.1) is 6.92 Å². The fourth-order valence-corrected chi connectivity index (χ4v) is 1.88. The topological polar surface area (TPSA) is 64.3 Å². The predicted molar refractivity (Wildman–Crippen MR) is 66.0 cm³/mol. The smallest absolute Gasteiger partial charge is 0.220 e. The van der Waals surface area contributed by atoms with Crippen molar-refractivity contribution < 1.29 is 14.6 Å². The molecule has 2 aromatic rings. The van der Waals surface area contributed by atoms with Gasteiger partial charge in [-0.2, -0.15) is 5.10 Å². The van der Waals surface area contributed by atoms with Gasteiger partial charge in [-0.25, -0.2) is 4.68 Å². The first-order valence-corrected chi connectivity index (χ1v) is 5.46. The van der Waals surface area contributed by atoms with Gasteiger partial charge in [-0.15, -0.1) is 0 Å². The number of aryl methyl sites for hydroxylation is 2. The average molecular weight is 246 g/mol. The van der Waals surface area contributed by atoms with Crippen LogP contribution in [0.2, 0.25) is 0 Å². The molecule has 0 aliphatic carbocycles. The predicted octanol–water partition coefficient (Wildman–Crippen LogP) is 1.67. The number of nitrogens with zero attached hydrogens (tertiary/aromatic N) is 2. The molecule has 5 nitrogen and oxygen atoms in total. The van der Waals surface area contributed by atoms with Crippen LogP contribution >= 0.6 is 0 Å². The van der Waals surface area contributed by atoms with Crippen molar-refractivity contribution >= 4 is 5.78 Å². The standard InChI is InChI=1S/C13H14N2O3/c1-8-11(13(17)15(2)14-8)12(16)9-6-4-5-7-10(9)18-3/h4-7,17H,1-3H3. The molecule has 0 aliphatic rings. The average Bonchev–Trinajstić information content (AvgIpc) is 2.62. The first-order valence-electron chi connectivity index (χ1n) is 5.46. The van der Waals surface area contributed by atoms with Crippen LogP contribution in [0.25, 0.3) is 0 Å². The number of ether oxygens (including phenoxy) is 1. The number of carbonyl (C=O) groups excluding carboxylic acids is 1. The molecule has 0 fully saturated rings. The highest BCUT2D eigenvalue weighted by Crippen LogP contribution is 2.27. The SMILES string of the molecule is COc1ccccc1C(=O)c1c(C)nn(C)c1O. The number of aromatic nitrogens is 2. The quantitative estimate of drug-likeness (QED) is 0.837. The summed E-state index contributed by atoms with van der Waals surface area (Å²) in [6, 6.07) is 6.90. The van der Waals surface area contributed by atoms with Crippen molar-refractivity contribution in [2.24, 2.45) is 7.05 Å². The summed E-state index contributed by atoms with van der Waals surface area (Å²) in [5.74, 6) is 0.0455. The molecule has 0 amide bonds. The third kappa shape index (κ3) is 1.84. The molecule has 94 valence electrons. The van der Waals surface area contributed by atoms with Crippen molar-refractivity contribution in [1.29, 1.82) is 0 Å². The second-order valence-corrected chi connectivity index (χ2v) is 3.94. The van der Waals surface area contributed by atoms with E-state index in [1.165, 1.54) is 11.8 Å². The highest BCUT2D eigenvalue weighted by molar-refractivity contribution is 6.12. The summed E-state index contributed by atoms with van der Waals surface area (Å²) >= 11 is 0. The van der Waals surface area contributed by atoms with Crippen molar-refractivity contribution in [3.8, 4) is 11.6 Å². The summed E-state index contributed by atoms with van der Waals surface area (Å²) in [7, 11) is 3.09. The van der Waals surface area contributed by atoms with E-state index in [0.717, 1.165) is 0 Å². The Morgan fingerprint density at radius 2 is 2.06 bits per heavy atom. The highest BCUT2D eigenvalue weighted by Gasteiger charge is 2.23. The maximum absolute atomic E-state index is 12.4. The number of para-hydroxylation sites is 1. The Morgan fingerprint density at radius 1 is 1.39 bits per heavy atom. The second kappa shape index (κ2) is 4.52. The van der Waals surface area contributed by atoms with E-state index in [4.69, 9.17) is 4.74 Å². The van der Waals surface area contributed by atoms with E-state index in [0.29, 0.717) is 17.0 Å². The van der Waals surface area contributed by atoms with Gasteiger partial charge in [0.2, 0.25) is 11.7 Å². The number of rotatable bonds is 3. The van der Waals surface area contributed by atoms with E-state index in [9.17, 15) is 9.90 Å². The molecule has 0 spiro atoms. The first kappa shape index (κ1) is 12.2. The monoisotopic (exact) mass is 246 g/mol. The molecular formula is C13H14N2O3. The van der Waals surface area contributed by atoms with E-state index in [1.54, 1.807) is 38.2 Å². The van der Waals surface area contributed by atoms with Crippen molar-refractivity contribution in [2.45, 2.75) is 6.92 Å². The third-order valence-corrected chi connectivity index (χ3v) is 2.77. The molecule has 0 bridgehead atoms. The molecule has 5 heteroatoms. The molecule has 0 atom stereocenters. The van der Waals surface area contributed by atoms with E-state index in [2.05, 4.69) is 5.10 Å². The summed E-state index contributed by atoms with van der Waals surface area (Å²) in [5, 5.41) is 13.9. The number of aromatic hydroxyl groups is 1. The fourth-order valence-electron chi connectivity index (χ4n) is 1.88. The van der Waals surface area contributed by atoms with Gasteiger partial charge in [0.25, 0.3) is 0 Å². The van der Waals surface area contributed by atoms with E-state index >= 15 is 0 Å². The van der Waals surface area contributed by atoms with Crippen molar-refractivity contribution in [3.05, 3.63) is 41.1 Å². The summed E-state index contributed by atoms with van der Waals surface area (Å²) in [5.41, 5.74) is 1.11. The summed E-state index contributed by atoms with van der Waals surface area (Å²) in [6.45, 7) is 1.68. The molecule has 0 unspecified atom stereocenters. The molecule has 1 N–H and O–H groups in total. The zero-order valence-corrected chi connectivity index (χ0v) is 10.5. The minimum absolute atomic E-state index is 0.136. The second-order valence-electron chi connectivity index (χ2n) is 3.94. The van der Waals surface area contributed by atoms with Crippen LogP contribution in [-0.4, -0.2) is 27.8 Å². The van der Waals surface area contributed by atoms with Crippen LogP contribution in [0.15, 0.2) is 24.3 Å². The lowest BCUT2D eigenvalue weighted by atomic mass is 10.0. The van der Waals surface area contributed by atoms with Crippen LogP contribution in [0.1, 0.15) is 21.6 Å². The normalized spacial score (nSPS) is 10.4. The van der Waals surface area contributed by atoms with Crippen molar-refractivity contribution in [2.75, 3.05) is 7.11 Å². The minimum atomic E-state index is -0.296. The Bertz CT molecular complexity index is 602. The zero-order chi connectivity index (χ0) is 13.3. The maximum atomic E-state index is 12.4. The molecule has 1 heterocycles. The molecule has 2 rings (SSSR count). The third-order valence-electron chi connectivity index (χ3n) is 2.77. The Morgan fingerprint density at radius 3 is 2.61 bits per heavy atom. The number of benzene rings is 1. The zero-order valence-electron chi connectivity index (χ0n) is 10.5. The van der Waals surface area contributed by atoms with Crippen LogP contribution in [-0.2, 0) is 7.05 Å². The molecule has 1 aromatic carbocycles. The van der Waals surface area contributed by atoms with Crippen LogP contribution in [0.5, 0.6) is 11.6 Å². The fraction of sp³-hybridized carbons (Fsp3) is 0.231. The van der Waals surface area contributed by atoms with Gasteiger partial charge in [0.15, 0.2) is 0 Å². The lowest BCUT2D eigenvalue weighted by Gasteiger charge is -2.06. The van der Waals surface area contributed by atoms with Crippen LogP contribution in [0.4, 0.5) is 0 Å². The Labute approximate surface area is 105 Å². The largest absolute Gasteiger partial charge is 0.496 e. The lowest BCUT2D eigenvalue weighted by molar-refractivity contribution is 0.103. The number of hydrogen-bond donors (Lipinski definition) is 1. The molecule has 0 saturated carbocycles. The van der Waals surface area contributed by atoms with Gasteiger partial charge in [-0.1, -0.05) is 12.1 Å². The van der Waals surface area contributed by atoms with Gasteiger partial charge in [0, 0.05) is 7.05 Å². The Balaban J connectivity index is 2.55. The van der Waals surface area contributed by atoms with Gasteiger partial charge < -0.3 is 9.84 Å². The van der Waals surface area contributed by atoms with Gasteiger partial charge in [-0.05, 0) is 19.1 Å². The lowest BCUT2D eigenvalue weighted by Crippen LogP contribution is -2.04. The molecule has 0 saturated heterocycles. The molecular weight excluding hydrogens is 232 g/mol. The van der Waals surface area contributed by atoms with Crippen LogP contribution in [0.3, 0.4) is 0 Å². The van der Waals surface area contributed by atoms with E-state index in [1.807, 2.05) is 0 Å². The Hall–Kier alpha value is -2.30. The van der Waals surface area contributed by atoms with Gasteiger partial charge >= 0.3 is 0 Å². The van der Waals surface area contributed by atoms with Crippen LogP contribution < -0.4 is 4.74 Å². The summed E-state index contributed by atoms with van der Waals surface area (Å²) < 4.78 is 6.42. The number of hydrogen-bond acceptors (Lipinski definition) is 4. The first-order chi connectivity index (χ1) is 8.56. The number of carbonyl (C=O) groups is 1. The summed E-state index contributed by atoms with van der Waals surface area (Å²) in [6.07, 6.45) is 0. The van der Waals surface area contributed by atoms with E-state index < -0.39 is 0 Å². The Kier molecular flexibility index (Phi) is 3.06. The molecule has 18 heavy (non-hydrogen) atoms. The number of methoxy groups -OCH3 is 1.